The van der Waals surface area contributed by atoms with Crippen LogP contribution in [0.25, 0.3) is 0 Å². The summed E-state index contributed by atoms with van der Waals surface area (Å²) in [6.45, 7) is 1.96. The van der Waals surface area contributed by atoms with E-state index in [2.05, 4.69) is 5.32 Å². The Morgan fingerprint density at radius 1 is 1.00 bits per heavy atom. The molecule has 2 amide bonds. The summed E-state index contributed by atoms with van der Waals surface area (Å²) in [5.41, 5.74) is 2.36. The monoisotopic (exact) mass is 340 g/mol. The number of anilines is 2. The van der Waals surface area contributed by atoms with Crippen LogP contribution in [0.2, 0.25) is 0 Å². The molecule has 2 aromatic carbocycles. The number of ether oxygens (including phenoxy) is 2. The van der Waals surface area contributed by atoms with E-state index in [9.17, 15) is 9.59 Å². The first-order valence-corrected chi connectivity index (χ1v) is 7.95. The highest BCUT2D eigenvalue weighted by Crippen LogP contribution is 2.31. The molecule has 0 spiro atoms. The molecule has 3 rings (SSSR count). The maximum absolute atomic E-state index is 12.7. The number of nitrogens with one attached hydrogen (secondary N) is 1. The van der Waals surface area contributed by atoms with Gasteiger partial charge in [-0.3, -0.25) is 9.59 Å². The molecule has 1 atom stereocenters. The molecule has 0 aromatic heterocycles. The van der Waals surface area contributed by atoms with Gasteiger partial charge in [-0.15, -0.1) is 0 Å². The van der Waals surface area contributed by atoms with Gasteiger partial charge in [0.05, 0.1) is 26.3 Å². The predicted molar refractivity (Wildman–Crippen MR) is 95.2 cm³/mol. The second-order valence-corrected chi connectivity index (χ2v) is 5.87. The molecule has 1 fully saturated rings. The number of nitrogens with zero attached hydrogens (tertiary/aromatic N) is 1. The van der Waals surface area contributed by atoms with Crippen molar-refractivity contribution in [3.8, 4) is 11.5 Å². The van der Waals surface area contributed by atoms with Crippen LogP contribution in [0.1, 0.15) is 12.0 Å². The molecule has 130 valence electrons. The summed E-state index contributed by atoms with van der Waals surface area (Å²) in [6, 6.07) is 12.0. The van der Waals surface area contributed by atoms with Crippen LogP contribution in [0.4, 0.5) is 11.4 Å². The van der Waals surface area contributed by atoms with Crippen LogP contribution in [0.5, 0.6) is 11.5 Å². The van der Waals surface area contributed by atoms with Crippen molar-refractivity contribution in [2.24, 2.45) is 0 Å². The number of rotatable bonds is 5. The Kier molecular flexibility index (Phi) is 4.61. The number of hydrogen-bond donors (Lipinski definition) is 1. The number of amides is 2. The molecule has 1 heterocycles. The first-order chi connectivity index (χ1) is 12.0. The van der Waals surface area contributed by atoms with Gasteiger partial charge in [0.1, 0.15) is 6.04 Å². The van der Waals surface area contributed by atoms with Gasteiger partial charge in [-0.1, -0.05) is 17.7 Å². The van der Waals surface area contributed by atoms with Gasteiger partial charge in [-0.05, 0) is 31.2 Å². The topological polar surface area (TPSA) is 67.9 Å². The Morgan fingerprint density at radius 3 is 2.32 bits per heavy atom. The van der Waals surface area contributed by atoms with Gasteiger partial charge in [0, 0.05) is 11.8 Å². The highest BCUT2D eigenvalue weighted by molar-refractivity contribution is 6.23. The molecule has 6 nitrogen and oxygen atoms in total. The Labute approximate surface area is 146 Å². The maximum atomic E-state index is 12.7. The molecule has 1 aliphatic rings. The number of aryl methyl sites for hydroxylation is 1. The number of hydrogen-bond acceptors (Lipinski definition) is 5. The van der Waals surface area contributed by atoms with E-state index in [1.807, 2.05) is 19.1 Å². The summed E-state index contributed by atoms with van der Waals surface area (Å²) < 4.78 is 10.5. The van der Waals surface area contributed by atoms with Crippen molar-refractivity contribution in [2.45, 2.75) is 19.4 Å². The van der Waals surface area contributed by atoms with Gasteiger partial charge in [-0.25, -0.2) is 4.90 Å². The zero-order valence-electron chi connectivity index (χ0n) is 14.4. The first kappa shape index (κ1) is 16.8. The van der Waals surface area contributed by atoms with Crippen molar-refractivity contribution < 1.29 is 19.1 Å². The van der Waals surface area contributed by atoms with E-state index < -0.39 is 6.04 Å². The molecule has 1 saturated heterocycles. The fraction of sp³-hybridized carbons (Fsp3) is 0.263. The minimum Gasteiger partial charge on any atom is -0.493 e. The zero-order chi connectivity index (χ0) is 18.0. The average molecular weight is 340 g/mol. The van der Waals surface area contributed by atoms with Crippen molar-refractivity contribution in [2.75, 3.05) is 24.4 Å². The Bertz CT molecular complexity index is 802. The number of carbonyl (C=O) groups excluding carboxylic acids is 2. The van der Waals surface area contributed by atoms with Crippen molar-refractivity contribution in [1.29, 1.82) is 0 Å². The second kappa shape index (κ2) is 6.84. The van der Waals surface area contributed by atoms with Crippen LogP contribution < -0.4 is 19.7 Å². The molecule has 1 aliphatic heterocycles. The normalized spacial score (nSPS) is 16.9. The van der Waals surface area contributed by atoms with Gasteiger partial charge >= 0.3 is 0 Å². The number of benzene rings is 2. The van der Waals surface area contributed by atoms with Crippen LogP contribution in [0.15, 0.2) is 42.5 Å². The third-order valence-corrected chi connectivity index (χ3v) is 4.16. The second-order valence-electron chi connectivity index (χ2n) is 5.87. The quantitative estimate of drug-likeness (QED) is 0.848. The lowest BCUT2D eigenvalue weighted by atomic mass is 10.2. The molecule has 0 aliphatic carbocycles. The highest BCUT2D eigenvalue weighted by Gasteiger charge is 2.39. The minimum absolute atomic E-state index is 0.112. The van der Waals surface area contributed by atoms with Gasteiger partial charge in [0.25, 0.3) is 5.91 Å². The summed E-state index contributed by atoms with van der Waals surface area (Å²) in [5.74, 6) is 0.679. The fourth-order valence-electron chi connectivity index (χ4n) is 2.84. The van der Waals surface area contributed by atoms with Crippen LogP contribution in [-0.2, 0) is 9.59 Å². The molecule has 2 aromatic rings. The number of carbonyl (C=O) groups is 2. The summed E-state index contributed by atoms with van der Waals surface area (Å²) in [7, 11) is 3.11. The lowest BCUT2D eigenvalue weighted by Gasteiger charge is -2.17. The van der Waals surface area contributed by atoms with Gasteiger partial charge in [0.15, 0.2) is 11.5 Å². The van der Waals surface area contributed by atoms with Gasteiger partial charge < -0.3 is 14.8 Å². The molecule has 0 bridgehead atoms. The molecular formula is C19H20N2O4. The van der Waals surface area contributed by atoms with Crippen molar-refractivity contribution >= 4 is 23.2 Å². The molecule has 0 saturated carbocycles. The van der Waals surface area contributed by atoms with E-state index in [0.717, 1.165) is 5.56 Å². The maximum Gasteiger partial charge on any atom is 0.256 e. The fourth-order valence-corrected chi connectivity index (χ4v) is 2.84. The minimum atomic E-state index is -0.605. The largest absolute Gasteiger partial charge is 0.493 e. The summed E-state index contributed by atoms with van der Waals surface area (Å²) >= 11 is 0. The third kappa shape index (κ3) is 3.28. The van der Waals surface area contributed by atoms with E-state index in [4.69, 9.17) is 9.47 Å². The van der Waals surface area contributed by atoms with Crippen LogP contribution in [0.3, 0.4) is 0 Å². The summed E-state index contributed by atoms with van der Waals surface area (Å²) in [4.78, 5) is 26.2. The predicted octanol–water partition coefficient (Wildman–Crippen LogP) is 2.76. The summed E-state index contributed by atoms with van der Waals surface area (Å²) in [5, 5.41) is 3.11. The zero-order valence-corrected chi connectivity index (χ0v) is 14.4. The molecule has 0 radical (unpaired) electrons. The number of imide groups is 1. The van der Waals surface area contributed by atoms with Crippen LogP contribution in [0, 0.1) is 6.92 Å². The molecule has 1 N–H and O–H groups in total. The Morgan fingerprint density at radius 2 is 1.68 bits per heavy atom. The van der Waals surface area contributed by atoms with E-state index in [-0.39, 0.29) is 18.2 Å². The van der Waals surface area contributed by atoms with Crippen molar-refractivity contribution in [3.63, 3.8) is 0 Å². The van der Waals surface area contributed by atoms with Gasteiger partial charge in [-0.2, -0.15) is 0 Å². The van der Waals surface area contributed by atoms with E-state index in [0.29, 0.717) is 22.9 Å². The standard InChI is InChI=1S/C19H20N2O4/c1-12-4-7-14(8-5-12)21-18(22)11-15(19(21)23)20-13-6-9-16(24-2)17(10-13)25-3/h4-10,15,20H,11H2,1-3H3/t15-/m1/s1. The Hall–Kier alpha value is -3.02. The van der Waals surface area contributed by atoms with Crippen LogP contribution >= 0.6 is 0 Å². The molecule has 25 heavy (non-hydrogen) atoms. The Balaban J connectivity index is 1.79. The third-order valence-electron chi connectivity index (χ3n) is 4.16. The molecular weight excluding hydrogens is 320 g/mol. The van der Waals surface area contributed by atoms with Crippen LogP contribution in [-0.4, -0.2) is 32.1 Å². The lowest BCUT2D eigenvalue weighted by molar-refractivity contribution is -0.121. The smallest absolute Gasteiger partial charge is 0.256 e. The highest BCUT2D eigenvalue weighted by atomic mass is 16.5. The van der Waals surface area contributed by atoms with Crippen molar-refractivity contribution in [1.82, 2.24) is 0 Å². The van der Waals surface area contributed by atoms with E-state index in [1.54, 1.807) is 44.6 Å². The molecule has 6 heteroatoms. The van der Waals surface area contributed by atoms with Gasteiger partial charge in [0.2, 0.25) is 5.91 Å². The first-order valence-electron chi connectivity index (χ1n) is 7.95. The lowest BCUT2D eigenvalue weighted by Crippen LogP contribution is -2.34. The average Bonchev–Trinajstić information content (AvgIpc) is 2.89. The summed E-state index contributed by atoms with van der Waals surface area (Å²) in [6.07, 6.45) is 0.112. The van der Waals surface area contributed by atoms with E-state index >= 15 is 0 Å². The van der Waals surface area contributed by atoms with Crippen molar-refractivity contribution in [3.05, 3.63) is 48.0 Å². The molecule has 0 unspecified atom stereocenters. The number of methoxy groups -OCH3 is 2. The SMILES string of the molecule is COc1ccc(N[C@@H]2CC(=O)N(c3ccc(C)cc3)C2=O)cc1OC. The van der Waals surface area contributed by atoms with E-state index in [1.165, 1.54) is 4.90 Å².